The van der Waals surface area contributed by atoms with E-state index in [0.29, 0.717) is 0 Å². The Balaban J connectivity index is 1.84. The molecule has 2 aromatic rings. The number of morpholine rings is 1. The number of anilines is 1. The van der Waals surface area contributed by atoms with Crippen LogP contribution in [0.4, 0.5) is 5.00 Å². The largest absolute Gasteiger partial charge is 0.379 e. The van der Waals surface area contributed by atoms with E-state index in [1.54, 1.807) is 18.3 Å². The Morgan fingerprint density at radius 1 is 1.19 bits per heavy atom. The van der Waals surface area contributed by atoms with Gasteiger partial charge in [0.05, 0.1) is 19.3 Å². The van der Waals surface area contributed by atoms with E-state index in [9.17, 15) is 4.79 Å². The minimum atomic E-state index is -0.00770. The molecule has 0 saturated carbocycles. The van der Waals surface area contributed by atoms with Crippen LogP contribution in [-0.2, 0) is 22.4 Å². The molecule has 1 amide bonds. The average Bonchev–Trinajstić information content (AvgIpc) is 3.02. The quantitative estimate of drug-likeness (QED) is 0.805. The zero-order valence-electron chi connectivity index (χ0n) is 15.6. The lowest BCUT2D eigenvalue weighted by Crippen LogP contribution is -2.40. The highest BCUT2D eigenvalue weighted by atomic mass is 35.5. The Bertz CT molecular complexity index is 812. The zero-order chi connectivity index (χ0) is 18.8. The molecule has 0 radical (unpaired) electrons. The summed E-state index contributed by atoms with van der Waals surface area (Å²) in [5, 5.41) is 4.89. The molecule has 1 aliphatic heterocycles. The summed E-state index contributed by atoms with van der Waals surface area (Å²) < 4.78 is 5.60. The van der Waals surface area contributed by atoms with E-state index in [1.165, 1.54) is 34.4 Å². The molecular formula is C21H25ClN2O2S. The minimum absolute atomic E-state index is 0.00770. The van der Waals surface area contributed by atoms with Gasteiger partial charge in [-0.3, -0.25) is 9.69 Å². The molecule has 4 nitrogen and oxygen atoms in total. The maximum atomic E-state index is 11.9. The molecule has 27 heavy (non-hydrogen) atoms. The van der Waals surface area contributed by atoms with E-state index >= 15 is 0 Å². The number of rotatable bonds is 4. The zero-order valence-corrected chi connectivity index (χ0v) is 17.2. The Labute approximate surface area is 169 Å². The molecule has 0 bridgehead atoms. The number of carbonyl (C=O) groups is 1. The second kappa shape index (κ2) is 8.31. The van der Waals surface area contributed by atoms with Crippen molar-refractivity contribution in [1.29, 1.82) is 0 Å². The Hall–Kier alpha value is -1.40. The Kier molecular flexibility index (Phi) is 5.83. The van der Waals surface area contributed by atoms with Crippen molar-refractivity contribution in [2.45, 2.75) is 38.6 Å². The first-order chi connectivity index (χ1) is 13.1. The van der Waals surface area contributed by atoms with Crippen LogP contribution in [0.15, 0.2) is 24.3 Å². The molecule has 1 N–H and O–H groups in total. The van der Waals surface area contributed by atoms with Gasteiger partial charge in [-0.2, -0.15) is 0 Å². The van der Waals surface area contributed by atoms with Crippen LogP contribution in [0.25, 0.3) is 0 Å². The number of carbonyl (C=O) groups excluding carboxylic acids is 1. The van der Waals surface area contributed by atoms with Gasteiger partial charge in [0, 0.05) is 35.5 Å². The maximum Gasteiger partial charge on any atom is 0.221 e. The molecule has 2 aliphatic rings. The smallest absolute Gasteiger partial charge is 0.221 e. The molecular weight excluding hydrogens is 380 g/mol. The molecule has 4 rings (SSSR count). The van der Waals surface area contributed by atoms with Crippen LogP contribution in [0, 0.1) is 0 Å². The number of benzene rings is 1. The van der Waals surface area contributed by atoms with Crippen LogP contribution in [0.5, 0.6) is 0 Å². The van der Waals surface area contributed by atoms with Gasteiger partial charge >= 0.3 is 0 Å². The summed E-state index contributed by atoms with van der Waals surface area (Å²) in [4.78, 5) is 15.8. The van der Waals surface area contributed by atoms with Crippen molar-refractivity contribution < 1.29 is 9.53 Å². The number of hydrogen-bond donors (Lipinski definition) is 1. The van der Waals surface area contributed by atoms with Crippen molar-refractivity contribution in [2.75, 3.05) is 31.6 Å². The lowest BCUT2D eigenvalue weighted by molar-refractivity contribution is -0.114. The predicted molar refractivity (Wildman–Crippen MR) is 111 cm³/mol. The highest BCUT2D eigenvalue weighted by Crippen LogP contribution is 2.45. The Morgan fingerprint density at radius 2 is 1.89 bits per heavy atom. The van der Waals surface area contributed by atoms with Gasteiger partial charge in [-0.15, -0.1) is 11.3 Å². The normalized spacial score (nSPS) is 18.7. The fraction of sp³-hybridized carbons (Fsp3) is 0.476. The van der Waals surface area contributed by atoms with Crippen molar-refractivity contribution in [3.05, 3.63) is 50.9 Å². The monoisotopic (exact) mass is 404 g/mol. The van der Waals surface area contributed by atoms with Crippen LogP contribution in [0.2, 0.25) is 5.02 Å². The van der Waals surface area contributed by atoms with Gasteiger partial charge in [-0.25, -0.2) is 0 Å². The molecule has 0 spiro atoms. The first kappa shape index (κ1) is 18.9. The van der Waals surface area contributed by atoms with Crippen molar-refractivity contribution in [3.8, 4) is 0 Å². The molecule has 0 unspecified atom stereocenters. The van der Waals surface area contributed by atoms with E-state index in [2.05, 4.69) is 22.3 Å². The summed E-state index contributed by atoms with van der Waals surface area (Å²) in [7, 11) is 0. The van der Waals surface area contributed by atoms with E-state index < -0.39 is 0 Å². The third-order valence-electron chi connectivity index (χ3n) is 5.37. The summed E-state index contributed by atoms with van der Waals surface area (Å²) in [5.74, 6) is -0.00770. The Morgan fingerprint density at radius 3 is 2.59 bits per heavy atom. The lowest BCUT2D eigenvalue weighted by Gasteiger charge is -2.36. The second-order valence-electron chi connectivity index (χ2n) is 7.24. The minimum Gasteiger partial charge on any atom is -0.379 e. The van der Waals surface area contributed by atoms with Gasteiger partial charge in [-0.1, -0.05) is 23.7 Å². The van der Waals surface area contributed by atoms with Gasteiger partial charge in [-0.05, 0) is 48.9 Å². The van der Waals surface area contributed by atoms with Crippen LogP contribution in [0.3, 0.4) is 0 Å². The summed E-state index contributed by atoms with van der Waals surface area (Å²) in [6.45, 7) is 4.85. The lowest BCUT2D eigenvalue weighted by atomic mass is 9.88. The predicted octanol–water partition coefficient (Wildman–Crippen LogP) is 4.66. The maximum absolute atomic E-state index is 11.9. The first-order valence-corrected chi connectivity index (χ1v) is 10.8. The molecule has 1 aromatic carbocycles. The fourth-order valence-electron chi connectivity index (χ4n) is 4.17. The number of hydrogen-bond acceptors (Lipinski definition) is 4. The van der Waals surface area contributed by atoms with Crippen LogP contribution in [0.1, 0.15) is 47.4 Å². The van der Waals surface area contributed by atoms with Crippen LogP contribution in [-0.4, -0.2) is 37.1 Å². The standard InChI is InChI=1S/C21H25ClN2O2S/c1-14(25)23-21-19(17-4-2-3-5-18(17)27-21)20(24-10-12-26-13-11-24)15-6-8-16(22)9-7-15/h6-9,20H,2-5,10-13H2,1H3,(H,23,25)/t20-/m1/s1. The highest BCUT2D eigenvalue weighted by molar-refractivity contribution is 7.16. The number of fused-ring (bicyclic) bond motifs is 1. The number of nitrogens with zero attached hydrogens (tertiary/aromatic N) is 1. The number of nitrogens with one attached hydrogen (secondary N) is 1. The number of aryl methyl sites for hydroxylation is 1. The third-order valence-corrected chi connectivity index (χ3v) is 6.85. The van der Waals surface area contributed by atoms with Crippen molar-refractivity contribution in [3.63, 3.8) is 0 Å². The highest BCUT2D eigenvalue weighted by Gasteiger charge is 2.32. The first-order valence-electron chi connectivity index (χ1n) is 9.63. The van der Waals surface area contributed by atoms with Gasteiger partial charge in [0.2, 0.25) is 5.91 Å². The van der Waals surface area contributed by atoms with Crippen LogP contribution >= 0.6 is 22.9 Å². The van der Waals surface area contributed by atoms with Crippen molar-refractivity contribution in [1.82, 2.24) is 4.90 Å². The van der Waals surface area contributed by atoms with E-state index in [1.807, 2.05) is 12.1 Å². The molecule has 144 valence electrons. The average molecular weight is 405 g/mol. The number of halogens is 1. The molecule has 1 saturated heterocycles. The van der Waals surface area contributed by atoms with E-state index in [4.69, 9.17) is 16.3 Å². The number of thiophene rings is 1. The number of ether oxygens (including phenoxy) is 1. The van der Waals surface area contributed by atoms with Crippen LogP contribution < -0.4 is 5.32 Å². The molecule has 2 heterocycles. The van der Waals surface area contributed by atoms with Gasteiger partial charge in [0.1, 0.15) is 5.00 Å². The second-order valence-corrected chi connectivity index (χ2v) is 8.78. The third kappa shape index (κ3) is 4.06. The van der Waals surface area contributed by atoms with Crippen molar-refractivity contribution >= 4 is 33.8 Å². The van der Waals surface area contributed by atoms with Gasteiger partial charge in [0.25, 0.3) is 0 Å². The molecule has 1 fully saturated rings. The molecule has 1 atom stereocenters. The molecule has 6 heteroatoms. The van der Waals surface area contributed by atoms with Gasteiger partial charge in [0.15, 0.2) is 0 Å². The van der Waals surface area contributed by atoms with E-state index in [-0.39, 0.29) is 11.9 Å². The summed E-state index contributed by atoms with van der Waals surface area (Å²) in [6.07, 6.45) is 4.65. The summed E-state index contributed by atoms with van der Waals surface area (Å²) in [6, 6.07) is 8.27. The SMILES string of the molecule is CC(=O)Nc1sc2c(c1[C@@H](c1ccc(Cl)cc1)N1CCOCC1)CCCC2. The van der Waals surface area contributed by atoms with Crippen molar-refractivity contribution in [2.24, 2.45) is 0 Å². The summed E-state index contributed by atoms with van der Waals surface area (Å²) in [5.41, 5.74) is 3.95. The van der Waals surface area contributed by atoms with Gasteiger partial charge < -0.3 is 10.1 Å². The molecule has 1 aromatic heterocycles. The topological polar surface area (TPSA) is 41.6 Å². The summed E-state index contributed by atoms with van der Waals surface area (Å²) >= 11 is 7.92. The van der Waals surface area contributed by atoms with E-state index in [0.717, 1.165) is 49.2 Å². The fourth-order valence-corrected chi connectivity index (χ4v) is 5.67. The number of amides is 1. The molecule has 1 aliphatic carbocycles.